The molecule has 0 radical (unpaired) electrons. The van der Waals surface area contributed by atoms with E-state index in [2.05, 4.69) is 26.1 Å². The maximum atomic E-state index is 12.6. The van der Waals surface area contributed by atoms with Crippen LogP contribution in [-0.2, 0) is 6.18 Å². The Hall–Kier alpha value is -1.03. The van der Waals surface area contributed by atoms with E-state index in [1.807, 2.05) is 0 Å². The third-order valence-corrected chi connectivity index (χ3v) is 4.22. The SMILES string of the molecule is CC(C)(C)NCC1CCCC1c1ccc(C(F)(F)F)cc1. The van der Waals surface area contributed by atoms with Gasteiger partial charge < -0.3 is 5.32 Å². The van der Waals surface area contributed by atoms with Crippen LogP contribution in [0.25, 0.3) is 0 Å². The first-order chi connectivity index (χ1) is 9.67. The molecule has 1 N–H and O–H groups in total. The van der Waals surface area contributed by atoms with E-state index in [-0.39, 0.29) is 5.54 Å². The van der Waals surface area contributed by atoms with E-state index in [4.69, 9.17) is 0 Å². The van der Waals surface area contributed by atoms with E-state index in [9.17, 15) is 13.2 Å². The smallest absolute Gasteiger partial charge is 0.312 e. The van der Waals surface area contributed by atoms with Gasteiger partial charge in [-0.2, -0.15) is 13.2 Å². The summed E-state index contributed by atoms with van der Waals surface area (Å²) in [4.78, 5) is 0. The Kier molecular flexibility index (Phi) is 4.66. The van der Waals surface area contributed by atoms with Crippen molar-refractivity contribution < 1.29 is 13.2 Å². The van der Waals surface area contributed by atoms with Crippen LogP contribution in [0, 0.1) is 5.92 Å². The first kappa shape index (κ1) is 16.3. The molecule has 1 aromatic rings. The molecular formula is C17H24F3N. The summed E-state index contributed by atoms with van der Waals surface area (Å²) < 4.78 is 37.8. The largest absolute Gasteiger partial charge is 0.416 e. The predicted molar refractivity (Wildman–Crippen MR) is 79.3 cm³/mol. The molecule has 1 nitrogen and oxygen atoms in total. The van der Waals surface area contributed by atoms with Gasteiger partial charge in [-0.15, -0.1) is 0 Å². The van der Waals surface area contributed by atoms with Crippen molar-refractivity contribution >= 4 is 0 Å². The highest BCUT2D eigenvalue weighted by Crippen LogP contribution is 2.40. The molecule has 1 saturated carbocycles. The first-order valence-electron chi connectivity index (χ1n) is 7.59. The summed E-state index contributed by atoms with van der Waals surface area (Å²) in [5.74, 6) is 0.892. The fourth-order valence-corrected chi connectivity index (χ4v) is 3.08. The van der Waals surface area contributed by atoms with E-state index in [1.54, 1.807) is 12.1 Å². The zero-order valence-electron chi connectivity index (χ0n) is 12.9. The second kappa shape index (κ2) is 5.99. The summed E-state index contributed by atoms with van der Waals surface area (Å²) in [5.41, 5.74) is 0.558. The van der Waals surface area contributed by atoms with Crippen LogP contribution >= 0.6 is 0 Å². The van der Waals surface area contributed by atoms with Gasteiger partial charge in [-0.25, -0.2) is 0 Å². The van der Waals surface area contributed by atoms with Crippen LogP contribution in [0.5, 0.6) is 0 Å². The molecule has 0 bridgehead atoms. The maximum absolute atomic E-state index is 12.6. The summed E-state index contributed by atoms with van der Waals surface area (Å²) in [7, 11) is 0. The quantitative estimate of drug-likeness (QED) is 0.830. The van der Waals surface area contributed by atoms with Crippen molar-refractivity contribution in [2.45, 2.75) is 57.7 Å². The van der Waals surface area contributed by atoms with Crippen LogP contribution in [0.3, 0.4) is 0 Å². The van der Waals surface area contributed by atoms with Crippen LogP contribution in [0.15, 0.2) is 24.3 Å². The van der Waals surface area contributed by atoms with Crippen LogP contribution in [-0.4, -0.2) is 12.1 Å². The van der Waals surface area contributed by atoms with Gasteiger partial charge in [-0.05, 0) is 69.7 Å². The summed E-state index contributed by atoms with van der Waals surface area (Å²) in [5, 5.41) is 3.52. The Morgan fingerprint density at radius 3 is 2.19 bits per heavy atom. The van der Waals surface area contributed by atoms with Gasteiger partial charge in [0.15, 0.2) is 0 Å². The molecule has 0 saturated heterocycles. The third kappa shape index (κ3) is 4.47. The monoisotopic (exact) mass is 299 g/mol. The molecule has 2 rings (SSSR count). The number of benzene rings is 1. The molecule has 1 fully saturated rings. The maximum Gasteiger partial charge on any atom is 0.416 e. The highest BCUT2D eigenvalue weighted by atomic mass is 19.4. The lowest BCUT2D eigenvalue weighted by Crippen LogP contribution is -2.39. The van der Waals surface area contributed by atoms with Crippen molar-refractivity contribution in [1.82, 2.24) is 5.32 Å². The highest BCUT2D eigenvalue weighted by molar-refractivity contribution is 5.28. The zero-order chi connectivity index (χ0) is 15.7. The molecule has 4 heteroatoms. The van der Waals surface area contributed by atoms with Crippen LogP contribution in [0.4, 0.5) is 13.2 Å². The summed E-state index contributed by atoms with van der Waals surface area (Å²) >= 11 is 0. The first-order valence-corrected chi connectivity index (χ1v) is 7.59. The normalized spacial score (nSPS) is 23.5. The molecule has 1 aliphatic rings. The number of hydrogen-bond donors (Lipinski definition) is 1. The third-order valence-electron chi connectivity index (χ3n) is 4.22. The number of halogens is 3. The molecule has 2 unspecified atom stereocenters. The Morgan fingerprint density at radius 2 is 1.67 bits per heavy atom. The van der Waals surface area contributed by atoms with Gasteiger partial charge in [0.1, 0.15) is 0 Å². The van der Waals surface area contributed by atoms with Gasteiger partial charge in [0.25, 0.3) is 0 Å². The van der Waals surface area contributed by atoms with E-state index >= 15 is 0 Å². The second-order valence-corrected chi connectivity index (χ2v) is 7.05. The van der Waals surface area contributed by atoms with Crippen molar-refractivity contribution in [3.8, 4) is 0 Å². The second-order valence-electron chi connectivity index (χ2n) is 7.05. The molecule has 0 aromatic heterocycles. The minimum Gasteiger partial charge on any atom is -0.312 e. The van der Waals surface area contributed by atoms with Crippen molar-refractivity contribution in [3.05, 3.63) is 35.4 Å². The van der Waals surface area contributed by atoms with Crippen molar-refractivity contribution in [2.24, 2.45) is 5.92 Å². The summed E-state index contributed by atoms with van der Waals surface area (Å²) in [6, 6.07) is 5.73. The van der Waals surface area contributed by atoms with Crippen molar-refractivity contribution in [3.63, 3.8) is 0 Å². The molecule has 0 spiro atoms. The molecule has 0 heterocycles. The molecule has 1 aromatic carbocycles. The Labute approximate surface area is 124 Å². The lowest BCUT2D eigenvalue weighted by atomic mass is 9.88. The van der Waals surface area contributed by atoms with Gasteiger partial charge in [0, 0.05) is 5.54 Å². The van der Waals surface area contributed by atoms with E-state index in [0.29, 0.717) is 11.8 Å². The molecule has 118 valence electrons. The minimum atomic E-state index is -4.25. The lowest BCUT2D eigenvalue weighted by Gasteiger charge is -2.27. The van der Waals surface area contributed by atoms with Gasteiger partial charge in [0.2, 0.25) is 0 Å². The average molecular weight is 299 g/mol. The summed E-state index contributed by atoms with van der Waals surface area (Å²) in [6.45, 7) is 7.33. The zero-order valence-corrected chi connectivity index (χ0v) is 12.9. The van der Waals surface area contributed by atoms with Gasteiger partial charge in [-0.3, -0.25) is 0 Å². The Balaban J connectivity index is 2.06. The molecule has 0 amide bonds. The van der Waals surface area contributed by atoms with E-state index in [0.717, 1.165) is 31.4 Å². The lowest BCUT2D eigenvalue weighted by molar-refractivity contribution is -0.137. The fourth-order valence-electron chi connectivity index (χ4n) is 3.08. The molecule has 1 aliphatic carbocycles. The van der Waals surface area contributed by atoms with Crippen LogP contribution in [0.1, 0.15) is 57.1 Å². The van der Waals surface area contributed by atoms with E-state index in [1.165, 1.54) is 12.1 Å². The van der Waals surface area contributed by atoms with E-state index < -0.39 is 11.7 Å². The van der Waals surface area contributed by atoms with Crippen molar-refractivity contribution in [1.29, 1.82) is 0 Å². The molecule has 21 heavy (non-hydrogen) atoms. The topological polar surface area (TPSA) is 12.0 Å². The number of alkyl halides is 3. The molecule has 0 aliphatic heterocycles. The average Bonchev–Trinajstić information content (AvgIpc) is 2.83. The number of hydrogen-bond acceptors (Lipinski definition) is 1. The summed E-state index contributed by atoms with van der Waals surface area (Å²) in [6.07, 6.45) is -0.875. The van der Waals surface area contributed by atoms with Gasteiger partial charge in [0.05, 0.1) is 5.56 Å². The highest BCUT2D eigenvalue weighted by Gasteiger charge is 2.32. The van der Waals surface area contributed by atoms with Crippen molar-refractivity contribution in [2.75, 3.05) is 6.54 Å². The predicted octanol–water partition coefficient (Wildman–Crippen LogP) is 4.98. The number of rotatable bonds is 3. The molecule has 2 atom stereocenters. The van der Waals surface area contributed by atoms with Gasteiger partial charge in [-0.1, -0.05) is 18.6 Å². The minimum absolute atomic E-state index is 0.0767. The Bertz CT molecular complexity index is 456. The number of nitrogens with one attached hydrogen (secondary N) is 1. The standard InChI is InChI=1S/C17H24F3N/c1-16(2,3)21-11-13-5-4-6-15(13)12-7-9-14(10-8-12)17(18,19)20/h7-10,13,15,21H,4-6,11H2,1-3H3. The van der Waals surface area contributed by atoms with Crippen LogP contribution in [0.2, 0.25) is 0 Å². The van der Waals surface area contributed by atoms with Gasteiger partial charge >= 0.3 is 6.18 Å². The fraction of sp³-hybridized carbons (Fsp3) is 0.647. The Morgan fingerprint density at radius 1 is 1.05 bits per heavy atom. The molecular weight excluding hydrogens is 275 g/mol. The van der Waals surface area contributed by atoms with Crippen LogP contribution < -0.4 is 5.32 Å².